The molecule has 0 unspecified atom stereocenters. The Bertz CT molecular complexity index is 1310. The topological polar surface area (TPSA) is 119 Å². The van der Waals surface area contributed by atoms with E-state index in [1.165, 1.54) is 27.4 Å². The summed E-state index contributed by atoms with van der Waals surface area (Å²) in [6.07, 6.45) is 0. The summed E-state index contributed by atoms with van der Waals surface area (Å²) in [6, 6.07) is 10.4. The maximum absolute atomic E-state index is 12.2. The molecule has 0 amide bonds. The average molecular weight is 423 g/mol. The lowest BCUT2D eigenvalue weighted by Gasteiger charge is -2.19. The van der Waals surface area contributed by atoms with Crippen molar-refractivity contribution < 1.29 is 24.1 Å². The minimum atomic E-state index is -0.299. The zero-order valence-corrected chi connectivity index (χ0v) is 17.4. The zero-order chi connectivity index (χ0) is 22.1. The summed E-state index contributed by atoms with van der Waals surface area (Å²) in [7, 11) is 5.99. The summed E-state index contributed by atoms with van der Waals surface area (Å²) in [4.78, 5) is 16.9. The van der Waals surface area contributed by atoms with E-state index in [9.17, 15) is 9.90 Å². The molecule has 0 aliphatic rings. The number of nitrogens with one attached hydrogen (secondary N) is 2. The van der Waals surface area contributed by atoms with Crippen LogP contribution >= 0.6 is 0 Å². The summed E-state index contributed by atoms with van der Waals surface area (Å²) in [5, 5.41) is 16.6. The molecule has 0 saturated heterocycles. The van der Waals surface area contributed by atoms with E-state index in [0.717, 1.165) is 5.56 Å². The first-order valence-corrected chi connectivity index (χ1v) is 9.30. The number of phenols is 1. The highest BCUT2D eigenvalue weighted by Gasteiger charge is 2.26. The first-order valence-electron chi connectivity index (χ1n) is 9.30. The fourth-order valence-corrected chi connectivity index (χ4v) is 3.52. The van der Waals surface area contributed by atoms with E-state index < -0.39 is 0 Å². The Morgan fingerprint density at radius 3 is 2.19 bits per heavy atom. The number of nitrogens with zero attached hydrogens (tertiary/aromatic N) is 1. The van der Waals surface area contributed by atoms with Crippen LogP contribution in [-0.4, -0.2) is 48.7 Å². The molecule has 3 N–H and O–H groups in total. The molecule has 0 radical (unpaired) electrons. The molecule has 31 heavy (non-hydrogen) atoms. The second kappa shape index (κ2) is 7.94. The minimum absolute atomic E-state index is 0.117. The number of methoxy groups -OCH3 is 4. The Labute approximate surface area is 177 Å². The van der Waals surface area contributed by atoms with Crippen LogP contribution in [0.15, 0.2) is 41.2 Å². The Balaban J connectivity index is 2.09. The van der Waals surface area contributed by atoms with Crippen molar-refractivity contribution >= 4 is 11.0 Å². The molecule has 4 aromatic rings. The van der Waals surface area contributed by atoms with Gasteiger partial charge in [-0.3, -0.25) is 15.0 Å². The fraction of sp³-hybridized carbons (Fsp3) is 0.182. The number of hydrogen-bond donors (Lipinski definition) is 3. The zero-order valence-electron chi connectivity index (χ0n) is 17.4. The standard InChI is InChI=1S/C22H21N3O6/c1-28-12-7-5-11(6-8-12)13-9-14-21(24-25-22(14)27)23-18(13)17-15(26)10-16(29-2)19(30-3)20(17)31-4/h5-10,26H,1-4H3,(H2,23,24,25,27). The van der Waals surface area contributed by atoms with Gasteiger partial charge in [0.25, 0.3) is 5.56 Å². The summed E-state index contributed by atoms with van der Waals surface area (Å²) < 4.78 is 21.6. The van der Waals surface area contributed by atoms with Crippen LogP contribution in [-0.2, 0) is 0 Å². The quantitative estimate of drug-likeness (QED) is 0.435. The van der Waals surface area contributed by atoms with Crippen molar-refractivity contribution in [3.05, 3.63) is 46.8 Å². The summed E-state index contributed by atoms with van der Waals surface area (Å²) in [5.41, 5.74) is 2.11. The molecule has 2 aromatic heterocycles. The van der Waals surface area contributed by atoms with Crippen LogP contribution in [0.5, 0.6) is 28.7 Å². The highest BCUT2D eigenvalue weighted by atomic mass is 16.5. The normalized spacial score (nSPS) is 10.8. The number of aromatic nitrogens is 3. The van der Waals surface area contributed by atoms with E-state index in [1.807, 2.05) is 12.1 Å². The third-order valence-corrected chi connectivity index (χ3v) is 5.01. The van der Waals surface area contributed by atoms with Crippen LogP contribution in [0.2, 0.25) is 0 Å². The summed E-state index contributed by atoms with van der Waals surface area (Å²) in [5.74, 6) is 1.43. The second-order valence-corrected chi connectivity index (χ2v) is 6.63. The van der Waals surface area contributed by atoms with Gasteiger partial charge in [-0.25, -0.2) is 4.98 Å². The van der Waals surface area contributed by atoms with Gasteiger partial charge in [0.2, 0.25) is 5.75 Å². The van der Waals surface area contributed by atoms with Gasteiger partial charge in [-0.05, 0) is 23.8 Å². The Morgan fingerprint density at radius 1 is 0.871 bits per heavy atom. The predicted octanol–water partition coefficient (Wildman–Crippen LogP) is 3.33. The molecule has 0 atom stereocenters. The molecule has 2 heterocycles. The van der Waals surface area contributed by atoms with Crippen LogP contribution in [0, 0.1) is 0 Å². The van der Waals surface area contributed by atoms with E-state index in [-0.39, 0.29) is 17.1 Å². The van der Waals surface area contributed by atoms with Gasteiger partial charge in [-0.1, -0.05) is 12.1 Å². The minimum Gasteiger partial charge on any atom is -0.507 e. The number of ether oxygens (including phenoxy) is 4. The molecule has 0 bridgehead atoms. The van der Waals surface area contributed by atoms with Crippen LogP contribution in [0.3, 0.4) is 0 Å². The summed E-state index contributed by atoms with van der Waals surface area (Å²) >= 11 is 0. The van der Waals surface area contributed by atoms with E-state index in [0.29, 0.717) is 45.1 Å². The molecular weight excluding hydrogens is 402 g/mol. The highest BCUT2D eigenvalue weighted by Crippen LogP contribution is 2.51. The number of aromatic hydroxyl groups is 1. The molecule has 9 heteroatoms. The Kier molecular flexibility index (Phi) is 5.16. The maximum atomic E-state index is 12.2. The smallest absolute Gasteiger partial charge is 0.273 e. The van der Waals surface area contributed by atoms with Crippen molar-refractivity contribution in [2.24, 2.45) is 0 Å². The highest BCUT2D eigenvalue weighted by molar-refractivity contribution is 5.94. The van der Waals surface area contributed by atoms with Crippen molar-refractivity contribution in [3.8, 4) is 51.1 Å². The summed E-state index contributed by atoms with van der Waals surface area (Å²) in [6.45, 7) is 0. The average Bonchev–Trinajstić information content (AvgIpc) is 3.17. The largest absolute Gasteiger partial charge is 0.507 e. The molecular formula is C22H21N3O6. The molecule has 0 aliphatic carbocycles. The van der Waals surface area contributed by atoms with E-state index in [1.54, 1.807) is 25.3 Å². The number of pyridine rings is 1. The molecule has 0 aliphatic heterocycles. The number of phenolic OH excluding ortho intramolecular Hbond substituents is 1. The van der Waals surface area contributed by atoms with Crippen molar-refractivity contribution in [2.75, 3.05) is 28.4 Å². The molecule has 160 valence electrons. The maximum Gasteiger partial charge on any atom is 0.273 e. The lowest BCUT2D eigenvalue weighted by Crippen LogP contribution is -2.01. The monoisotopic (exact) mass is 423 g/mol. The fourth-order valence-electron chi connectivity index (χ4n) is 3.52. The van der Waals surface area contributed by atoms with E-state index >= 15 is 0 Å². The van der Waals surface area contributed by atoms with Crippen LogP contribution in [0.25, 0.3) is 33.4 Å². The lowest BCUT2D eigenvalue weighted by molar-refractivity contribution is 0.321. The second-order valence-electron chi connectivity index (χ2n) is 6.63. The number of H-pyrrole nitrogens is 2. The van der Waals surface area contributed by atoms with Gasteiger partial charge in [0, 0.05) is 11.6 Å². The lowest BCUT2D eigenvalue weighted by atomic mass is 9.96. The van der Waals surface area contributed by atoms with Gasteiger partial charge in [0.05, 0.1) is 45.1 Å². The van der Waals surface area contributed by atoms with Crippen molar-refractivity contribution in [1.82, 2.24) is 15.2 Å². The Hall–Kier alpha value is -4.14. The van der Waals surface area contributed by atoms with Gasteiger partial charge >= 0.3 is 0 Å². The van der Waals surface area contributed by atoms with Gasteiger partial charge in [0.1, 0.15) is 11.5 Å². The first kappa shape index (κ1) is 20.1. The van der Waals surface area contributed by atoms with Gasteiger partial charge in [-0.2, -0.15) is 0 Å². The van der Waals surface area contributed by atoms with Gasteiger partial charge in [-0.15, -0.1) is 0 Å². The Morgan fingerprint density at radius 2 is 1.58 bits per heavy atom. The number of aromatic amines is 2. The van der Waals surface area contributed by atoms with Gasteiger partial charge < -0.3 is 24.1 Å². The molecule has 4 rings (SSSR count). The molecule has 0 saturated carbocycles. The third kappa shape index (κ3) is 3.29. The van der Waals surface area contributed by atoms with E-state index in [2.05, 4.69) is 15.2 Å². The van der Waals surface area contributed by atoms with Crippen molar-refractivity contribution in [1.29, 1.82) is 0 Å². The van der Waals surface area contributed by atoms with Crippen LogP contribution < -0.4 is 24.5 Å². The number of fused-ring (bicyclic) bond motifs is 1. The van der Waals surface area contributed by atoms with E-state index in [4.69, 9.17) is 18.9 Å². The molecule has 0 fully saturated rings. The van der Waals surface area contributed by atoms with Crippen molar-refractivity contribution in [3.63, 3.8) is 0 Å². The predicted molar refractivity (Wildman–Crippen MR) is 115 cm³/mol. The first-order chi connectivity index (χ1) is 15.0. The number of benzene rings is 2. The molecule has 0 spiro atoms. The third-order valence-electron chi connectivity index (χ3n) is 5.01. The van der Waals surface area contributed by atoms with Crippen LogP contribution in [0.1, 0.15) is 0 Å². The number of hydrogen-bond acceptors (Lipinski definition) is 7. The molecule has 2 aromatic carbocycles. The SMILES string of the molecule is COc1ccc(-c2cc3c(=O)[nH][nH]c3nc2-c2c(O)cc(OC)c(OC)c2OC)cc1. The molecule has 9 nitrogen and oxygen atoms in total. The number of rotatable bonds is 6. The van der Waals surface area contributed by atoms with Crippen molar-refractivity contribution in [2.45, 2.75) is 0 Å². The van der Waals surface area contributed by atoms with Gasteiger partial charge in [0.15, 0.2) is 17.1 Å². The van der Waals surface area contributed by atoms with Crippen LogP contribution in [0.4, 0.5) is 0 Å².